The molecule has 98 valence electrons. The standard InChI is InChI=1S/C12H17N3O2S/c1-14(4-3-6-17-2)11(16)8-10-9-15-5-7-18-12(15)13-10/h5,7,9H,3-4,6,8H2,1-2H3. The van der Waals surface area contributed by atoms with Crippen molar-refractivity contribution >= 4 is 22.2 Å². The largest absolute Gasteiger partial charge is 0.385 e. The Morgan fingerprint density at radius 2 is 2.44 bits per heavy atom. The Labute approximate surface area is 110 Å². The minimum absolute atomic E-state index is 0.0943. The summed E-state index contributed by atoms with van der Waals surface area (Å²) in [6.45, 7) is 1.40. The number of thiazole rings is 1. The van der Waals surface area contributed by atoms with Crippen molar-refractivity contribution in [1.29, 1.82) is 0 Å². The number of fused-ring (bicyclic) bond motifs is 1. The Morgan fingerprint density at radius 1 is 1.61 bits per heavy atom. The molecule has 5 nitrogen and oxygen atoms in total. The van der Waals surface area contributed by atoms with Crippen LogP contribution < -0.4 is 0 Å². The van der Waals surface area contributed by atoms with E-state index in [1.807, 2.05) is 29.2 Å². The predicted octanol–water partition coefficient (Wildman–Crippen LogP) is 1.43. The second kappa shape index (κ2) is 5.97. The fourth-order valence-electron chi connectivity index (χ4n) is 1.72. The molecule has 0 bridgehead atoms. The Hall–Kier alpha value is -1.40. The summed E-state index contributed by atoms with van der Waals surface area (Å²) in [4.78, 5) is 19.0. The molecule has 18 heavy (non-hydrogen) atoms. The minimum atomic E-state index is 0.0943. The van der Waals surface area contributed by atoms with Gasteiger partial charge in [-0.05, 0) is 6.42 Å². The number of likely N-dealkylation sites (N-methyl/N-ethyl adjacent to an activating group) is 1. The molecule has 0 N–H and O–H groups in total. The molecule has 1 amide bonds. The van der Waals surface area contributed by atoms with E-state index in [1.165, 1.54) is 0 Å². The van der Waals surface area contributed by atoms with E-state index in [-0.39, 0.29) is 5.91 Å². The Kier molecular flexibility index (Phi) is 4.33. The van der Waals surface area contributed by atoms with Gasteiger partial charge in [-0.2, -0.15) is 0 Å². The number of aromatic nitrogens is 2. The van der Waals surface area contributed by atoms with E-state index >= 15 is 0 Å². The lowest BCUT2D eigenvalue weighted by Crippen LogP contribution is -2.29. The molecule has 0 radical (unpaired) electrons. The first kappa shape index (κ1) is 13.0. The monoisotopic (exact) mass is 267 g/mol. The zero-order chi connectivity index (χ0) is 13.0. The van der Waals surface area contributed by atoms with Gasteiger partial charge in [-0.25, -0.2) is 4.98 Å². The smallest absolute Gasteiger partial charge is 0.228 e. The summed E-state index contributed by atoms with van der Waals surface area (Å²) in [6, 6.07) is 0. The van der Waals surface area contributed by atoms with E-state index < -0.39 is 0 Å². The van der Waals surface area contributed by atoms with Gasteiger partial charge >= 0.3 is 0 Å². The second-order valence-corrected chi connectivity index (χ2v) is 5.04. The molecule has 0 aromatic carbocycles. The quantitative estimate of drug-likeness (QED) is 0.744. The van der Waals surface area contributed by atoms with Gasteiger partial charge < -0.3 is 9.64 Å². The molecule has 0 aliphatic rings. The maximum absolute atomic E-state index is 11.9. The number of carbonyl (C=O) groups excluding carboxylic acids is 1. The molecule has 0 spiro atoms. The highest BCUT2D eigenvalue weighted by molar-refractivity contribution is 7.15. The number of carbonyl (C=O) groups is 1. The normalized spacial score (nSPS) is 11.0. The van der Waals surface area contributed by atoms with Crippen molar-refractivity contribution < 1.29 is 9.53 Å². The lowest BCUT2D eigenvalue weighted by Gasteiger charge is -2.16. The van der Waals surface area contributed by atoms with Crippen LogP contribution in [0.25, 0.3) is 4.96 Å². The summed E-state index contributed by atoms with van der Waals surface area (Å²) in [5.41, 5.74) is 0.824. The van der Waals surface area contributed by atoms with Crippen LogP contribution in [0, 0.1) is 0 Å². The number of rotatable bonds is 6. The first-order chi connectivity index (χ1) is 8.70. The molecule has 0 saturated heterocycles. The van der Waals surface area contributed by atoms with Gasteiger partial charge in [0.05, 0.1) is 12.1 Å². The van der Waals surface area contributed by atoms with E-state index in [1.54, 1.807) is 23.3 Å². The molecule has 0 aliphatic carbocycles. The number of hydrogen-bond acceptors (Lipinski definition) is 4. The van der Waals surface area contributed by atoms with Crippen molar-refractivity contribution in [3.63, 3.8) is 0 Å². The molecule has 0 fully saturated rings. The van der Waals surface area contributed by atoms with Crippen LogP contribution in [0.5, 0.6) is 0 Å². The number of nitrogens with zero attached hydrogens (tertiary/aromatic N) is 3. The molecular formula is C12H17N3O2S. The Balaban J connectivity index is 1.88. The summed E-state index contributed by atoms with van der Waals surface area (Å²) in [6.07, 6.45) is 5.07. The van der Waals surface area contributed by atoms with E-state index in [2.05, 4.69) is 4.98 Å². The third kappa shape index (κ3) is 3.08. The number of amides is 1. The van der Waals surface area contributed by atoms with Gasteiger partial charge in [0.1, 0.15) is 0 Å². The van der Waals surface area contributed by atoms with Gasteiger partial charge in [-0.15, -0.1) is 11.3 Å². The van der Waals surface area contributed by atoms with Crippen LogP contribution in [0.3, 0.4) is 0 Å². The zero-order valence-corrected chi connectivity index (χ0v) is 11.4. The van der Waals surface area contributed by atoms with Crippen LogP contribution in [-0.2, 0) is 16.0 Å². The predicted molar refractivity (Wildman–Crippen MR) is 70.9 cm³/mol. The number of methoxy groups -OCH3 is 1. The average Bonchev–Trinajstić information content (AvgIpc) is 2.89. The van der Waals surface area contributed by atoms with E-state index in [4.69, 9.17) is 4.74 Å². The third-order valence-electron chi connectivity index (χ3n) is 2.74. The van der Waals surface area contributed by atoms with Gasteiger partial charge in [-0.1, -0.05) is 0 Å². The molecule has 6 heteroatoms. The van der Waals surface area contributed by atoms with Gasteiger partial charge in [0, 0.05) is 45.1 Å². The highest BCUT2D eigenvalue weighted by Gasteiger charge is 2.12. The number of imidazole rings is 1. The summed E-state index contributed by atoms with van der Waals surface area (Å²) < 4.78 is 6.91. The van der Waals surface area contributed by atoms with Crippen LogP contribution in [0.4, 0.5) is 0 Å². The van der Waals surface area contributed by atoms with Crippen molar-refractivity contribution in [2.75, 3.05) is 27.3 Å². The molecular weight excluding hydrogens is 250 g/mol. The highest BCUT2D eigenvalue weighted by Crippen LogP contribution is 2.12. The van der Waals surface area contributed by atoms with E-state index in [0.29, 0.717) is 13.0 Å². The van der Waals surface area contributed by atoms with Gasteiger partial charge in [0.15, 0.2) is 4.96 Å². The lowest BCUT2D eigenvalue weighted by molar-refractivity contribution is -0.129. The summed E-state index contributed by atoms with van der Waals surface area (Å²) in [7, 11) is 3.48. The molecule has 0 atom stereocenters. The molecule has 2 heterocycles. The average molecular weight is 267 g/mol. The molecule has 2 aromatic rings. The van der Waals surface area contributed by atoms with Crippen LogP contribution in [0.2, 0.25) is 0 Å². The van der Waals surface area contributed by atoms with E-state index in [9.17, 15) is 4.79 Å². The summed E-state index contributed by atoms with van der Waals surface area (Å²) in [5, 5.41) is 1.98. The zero-order valence-electron chi connectivity index (χ0n) is 10.6. The van der Waals surface area contributed by atoms with Crippen molar-refractivity contribution in [3.8, 4) is 0 Å². The minimum Gasteiger partial charge on any atom is -0.385 e. The molecule has 0 aliphatic heterocycles. The van der Waals surface area contributed by atoms with Crippen molar-refractivity contribution in [3.05, 3.63) is 23.5 Å². The Bertz CT molecular complexity index is 492. The fourth-order valence-corrected chi connectivity index (χ4v) is 2.44. The van der Waals surface area contributed by atoms with Crippen LogP contribution in [-0.4, -0.2) is 47.5 Å². The highest BCUT2D eigenvalue weighted by atomic mass is 32.1. The first-order valence-corrected chi connectivity index (χ1v) is 6.72. The van der Waals surface area contributed by atoms with Crippen LogP contribution in [0.15, 0.2) is 17.8 Å². The van der Waals surface area contributed by atoms with Crippen molar-refractivity contribution in [1.82, 2.24) is 14.3 Å². The summed E-state index contributed by atoms with van der Waals surface area (Å²) in [5.74, 6) is 0.0943. The van der Waals surface area contributed by atoms with Gasteiger partial charge in [-0.3, -0.25) is 9.20 Å². The third-order valence-corrected chi connectivity index (χ3v) is 3.51. The lowest BCUT2D eigenvalue weighted by atomic mass is 10.3. The SMILES string of the molecule is COCCCN(C)C(=O)Cc1cn2ccsc2n1. The molecule has 0 unspecified atom stereocenters. The first-order valence-electron chi connectivity index (χ1n) is 5.84. The topological polar surface area (TPSA) is 46.8 Å². The van der Waals surface area contributed by atoms with Gasteiger partial charge in [0.25, 0.3) is 0 Å². The van der Waals surface area contributed by atoms with Crippen LogP contribution in [0.1, 0.15) is 12.1 Å². The van der Waals surface area contributed by atoms with Crippen LogP contribution >= 0.6 is 11.3 Å². The maximum atomic E-state index is 11.9. The van der Waals surface area contributed by atoms with Gasteiger partial charge in [0.2, 0.25) is 5.91 Å². The molecule has 0 saturated carbocycles. The molecule has 2 aromatic heterocycles. The van der Waals surface area contributed by atoms with Crippen molar-refractivity contribution in [2.24, 2.45) is 0 Å². The number of ether oxygens (including phenoxy) is 1. The fraction of sp³-hybridized carbons (Fsp3) is 0.500. The maximum Gasteiger partial charge on any atom is 0.228 e. The summed E-state index contributed by atoms with van der Waals surface area (Å²) >= 11 is 1.57. The van der Waals surface area contributed by atoms with Crippen molar-refractivity contribution in [2.45, 2.75) is 12.8 Å². The second-order valence-electron chi connectivity index (χ2n) is 4.16. The number of hydrogen-bond donors (Lipinski definition) is 0. The Morgan fingerprint density at radius 3 is 3.17 bits per heavy atom. The molecule has 2 rings (SSSR count). The van der Waals surface area contributed by atoms with E-state index in [0.717, 1.165) is 23.6 Å².